The fraction of sp³-hybridized carbons (Fsp3) is 0.286. The van der Waals surface area contributed by atoms with Crippen molar-refractivity contribution in [2.24, 2.45) is 0 Å². The van der Waals surface area contributed by atoms with E-state index in [1.54, 1.807) is 0 Å². The summed E-state index contributed by atoms with van der Waals surface area (Å²) in [5.74, 6) is 0.881. The van der Waals surface area contributed by atoms with Crippen LogP contribution in [0.25, 0.3) is 0 Å². The molecule has 0 aliphatic carbocycles. The number of hydrogen-bond donors (Lipinski definition) is 1. The molecule has 2 rings (SSSR count). The lowest BCUT2D eigenvalue weighted by Crippen LogP contribution is -2.24. The lowest BCUT2D eigenvalue weighted by molar-refractivity contribution is 0.793. The summed E-state index contributed by atoms with van der Waals surface area (Å²) in [5, 5.41) is 8.30. The predicted molar refractivity (Wildman–Crippen MR) is 74.3 cm³/mol. The molecule has 0 saturated heterocycles. The first-order valence-electron chi connectivity index (χ1n) is 6.09. The third kappa shape index (κ3) is 2.77. The molecule has 4 nitrogen and oxygen atoms in total. The minimum Gasteiger partial charge on any atom is -0.398 e. The number of anilines is 2. The van der Waals surface area contributed by atoms with E-state index >= 15 is 0 Å². The molecule has 0 aliphatic heterocycles. The molecule has 0 bridgehead atoms. The molecule has 18 heavy (non-hydrogen) atoms. The Balaban J connectivity index is 2.20. The Morgan fingerprint density at radius 3 is 2.50 bits per heavy atom. The van der Waals surface area contributed by atoms with Crippen LogP contribution in [0.1, 0.15) is 18.2 Å². The van der Waals surface area contributed by atoms with E-state index in [4.69, 9.17) is 5.73 Å². The quantitative estimate of drug-likeness (QED) is 0.836. The third-order valence-electron chi connectivity index (χ3n) is 2.91. The van der Waals surface area contributed by atoms with Gasteiger partial charge in [-0.1, -0.05) is 18.2 Å². The number of rotatable bonds is 4. The molecule has 4 heteroatoms. The number of para-hydroxylation sites is 1. The maximum absolute atomic E-state index is 5.96. The van der Waals surface area contributed by atoms with Crippen LogP contribution in [-0.4, -0.2) is 16.7 Å². The molecule has 94 valence electrons. The van der Waals surface area contributed by atoms with Gasteiger partial charge >= 0.3 is 0 Å². The lowest BCUT2D eigenvalue weighted by atomic mass is 10.1. The normalized spacial score (nSPS) is 10.3. The van der Waals surface area contributed by atoms with Gasteiger partial charge in [0.2, 0.25) is 0 Å². The second kappa shape index (κ2) is 5.49. The predicted octanol–water partition coefficient (Wildman–Crippen LogP) is 2.39. The van der Waals surface area contributed by atoms with Gasteiger partial charge in [-0.3, -0.25) is 0 Å². The van der Waals surface area contributed by atoms with E-state index in [0.29, 0.717) is 0 Å². The van der Waals surface area contributed by atoms with Crippen molar-refractivity contribution < 1.29 is 0 Å². The lowest BCUT2D eigenvalue weighted by Gasteiger charge is -2.22. The van der Waals surface area contributed by atoms with Crippen LogP contribution in [0, 0.1) is 6.92 Å². The van der Waals surface area contributed by atoms with E-state index in [-0.39, 0.29) is 0 Å². The first kappa shape index (κ1) is 12.4. The van der Waals surface area contributed by atoms with Gasteiger partial charge in [-0.2, -0.15) is 5.10 Å². The van der Waals surface area contributed by atoms with Crippen molar-refractivity contribution in [3.63, 3.8) is 0 Å². The van der Waals surface area contributed by atoms with Crippen molar-refractivity contribution >= 4 is 11.5 Å². The average molecular weight is 242 g/mol. The van der Waals surface area contributed by atoms with Crippen molar-refractivity contribution in [3.05, 3.63) is 47.7 Å². The number of nitrogen functional groups attached to an aromatic ring is 1. The maximum atomic E-state index is 5.96. The topological polar surface area (TPSA) is 55.0 Å². The highest BCUT2D eigenvalue weighted by molar-refractivity contribution is 5.49. The standard InChI is InChI=1S/C14H18N4/c1-3-18(14-9-8-11(2)16-17-14)10-12-6-4-5-7-13(12)15/h4-9H,3,10,15H2,1-2H3. The van der Waals surface area contributed by atoms with Crippen molar-refractivity contribution in [3.8, 4) is 0 Å². The third-order valence-corrected chi connectivity index (χ3v) is 2.91. The zero-order valence-electron chi connectivity index (χ0n) is 10.8. The Kier molecular flexibility index (Phi) is 3.77. The molecular weight excluding hydrogens is 224 g/mol. The summed E-state index contributed by atoms with van der Waals surface area (Å²) in [4.78, 5) is 2.15. The minimum atomic E-state index is 0.751. The summed E-state index contributed by atoms with van der Waals surface area (Å²) in [6, 6.07) is 11.9. The maximum Gasteiger partial charge on any atom is 0.151 e. The Bertz CT molecular complexity index is 507. The molecule has 0 amide bonds. The molecular formula is C14H18N4. The van der Waals surface area contributed by atoms with Gasteiger partial charge in [-0.05, 0) is 37.6 Å². The number of nitrogens with two attached hydrogens (primary N) is 1. The zero-order valence-corrected chi connectivity index (χ0v) is 10.8. The molecule has 1 aromatic heterocycles. The molecule has 1 heterocycles. The van der Waals surface area contributed by atoms with E-state index in [1.807, 2.05) is 43.3 Å². The van der Waals surface area contributed by atoms with Crippen molar-refractivity contribution in [2.75, 3.05) is 17.2 Å². The summed E-state index contributed by atoms with van der Waals surface area (Å²) in [7, 11) is 0. The van der Waals surface area contributed by atoms with Gasteiger partial charge < -0.3 is 10.6 Å². The highest BCUT2D eigenvalue weighted by atomic mass is 15.3. The number of benzene rings is 1. The van der Waals surface area contributed by atoms with E-state index in [9.17, 15) is 0 Å². The van der Waals surface area contributed by atoms with Crippen LogP contribution in [0.4, 0.5) is 11.5 Å². The van der Waals surface area contributed by atoms with Crippen LogP contribution in [0.3, 0.4) is 0 Å². The Hall–Kier alpha value is -2.10. The first-order chi connectivity index (χ1) is 8.70. The molecule has 0 unspecified atom stereocenters. The molecule has 0 spiro atoms. The summed E-state index contributed by atoms with van der Waals surface area (Å²) < 4.78 is 0. The van der Waals surface area contributed by atoms with Crippen molar-refractivity contribution in [2.45, 2.75) is 20.4 Å². The van der Waals surface area contributed by atoms with E-state index in [2.05, 4.69) is 22.0 Å². The fourth-order valence-corrected chi connectivity index (χ4v) is 1.80. The highest BCUT2D eigenvalue weighted by Crippen LogP contribution is 2.17. The fourth-order valence-electron chi connectivity index (χ4n) is 1.80. The minimum absolute atomic E-state index is 0.751. The summed E-state index contributed by atoms with van der Waals surface area (Å²) in [6.07, 6.45) is 0. The number of aryl methyl sites for hydroxylation is 1. The number of hydrogen-bond acceptors (Lipinski definition) is 4. The van der Waals surface area contributed by atoms with Crippen LogP contribution < -0.4 is 10.6 Å². The summed E-state index contributed by atoms with van der Waals surface area (Å²) in [6.45, 7) is 5.65. The van der Waals surface area contributed by atoms with E-state index < -0.39 is 0 Å². The second-order valence-electron chi connectivity index (χ2n) is 4.25. The first-order valence-corrected chi connectivity index (χ1v) is 6.09. The Morgan fingerprint density at radius 2 is 1.89 bits per heavy atom. The van der Waals surface area contributed by atoms with Crippen LogP contribution >= 0.6 is 0 Å². The van der Waals surface area contributed by atoms with Gasteiger partial charge in [0.1, 0.15) is 0 Å². The van der Waals surface area contributed by atoms with Gasteiger partial charge in [0, 0.05) is 18.8 Å². The monoisotopic (exact) mass is 242 g/mol. The molecule has 0 radical (unpaired) electrons. The Morgan fingerprint density at radius 1 is 1.11 bits per heavy atom. The number of aromatic nitrogens is 2. The van der Waals surface area contributed by atoms with Gasteiger partial charge in [0.05, 0.1) is 5.69 Å². The zero-order chi connectivity index (χ0) is 13.0. The summed E-state index contributed by atoms with van der Waals surface area (Å²) >= 11 is 0. The average Bonchev–Trinajstić information content (AvgIpc) is 2.39. The van der Waals surface area contributed by atoms with Crippen LogP contribution in [0.2, 0.25) is 0 Å². The Labute approximate surface area is 107 Å². The molecule has 0 aliphatic rings. The van der Waals surface area contributed by atoms with Gasteiger partial charge in [0.25, 0.3) is 0 Å². The molecule has 1 aromatic carbocycles. The van der Waals surface area contributed by atoms with E-state index in [1.165, 1.54) is 0 Å². The SMILES string of the molecule is CCN(Cc1ccccc1N)c1ccc(C)nn1. The highest BCUT2D eigenvalue weighted by Gasteiger charge is 2.08. The molecule has 2 N–H and O–H groups in total. The molecule has 0 saturated carbocycles. The smallest absolute Gasteiger partial charge is 0.151 e. The van der Waals surface area contributed by atoms with Gasteiger partial charge in [-0.25, -0.2) is 0 Å². The van der Waals surface area contributed by atoms with Crippen LogP contribution in [-0.2, 0) is 6.54 Å². The second-order valence-corrected chi connectivity index (χ2v) is 4.25. The number of nitrogens with zero attached hydrogens (tertiary/aromatic N) is 3. The van der Waals surface area contributed by atoms with Crippen molar-refractivity contribution in [1.82, 2.24) is 10.2 Å². The van der Waals surface area contributed by atoms with Gasteiger partial charge in [0.15, 0.2) is 5.82 Å². The molecule has 0 fully saturated rings. The molecule has 0 atom stereocenters. The molecule has 2 aromatic rings. The largest absolute Gasteiger partial charge is 0.398 e. The van der Waals surface area contributed by atoms with Crippen molar-refractivity contribution in [1.29, 1.82) is 0 Å². The summed E-state index contributed by atoms with van der Waals surface area (Å²) in [5.41, 5.74) is 8.82. The van der Waals surface area contributed by atoms with Crippen LogP contribution in [0.5, 0.6) is 0 Å². The van der Waals surface area contributed by atoms with E-state index in [0.717, 1.165) is 35.9 Å². The van der Waals surface area contributed by atoms with Gasteiger partial charge in [-0.15, -0.1) is 5.10 Å². The van der Waals surface area contributed by atoms with Crippen LogP contribution in [0.15, 0.2) is 36.4 Å².